The summed E-state index contributed by atoms with van der Waals surface area (Å²) in [5, 5.41) is 16.9. The van der Waals surface area contributed by atoms with E-state index in [9.17, 15) is 43.2 Å². The summed E-state index contributed by atoms with van der Waals surface area (Å²) in [6.07, 6.45) is 9.95. The SMILES string of the molecule is C=CCCOc1ccc(C(=O)N2CCC(c3nc(C(=O)Nc4cc(C(N)=O)ccc4Cl)cs3)CC2)cc1.CN(C)c1cccc(C(=O)N2CCC(c3nc(C(=O)Nc4cc(CC(N)=O)ccc4Cl)cs3)CC2)c1.NC(=O)c1ccc(Cl)c(NC(=O)c2csc(C3CCN(C(=O)CCc4ccco4)CC3)n2)c1. The predicted octanol–water partition coefficient (Wildman–Crippen LogP) is 13.4. The number of rotatable bonds is 23. The second-order valence-corrected chi connectivity index (χ2v) is 29.3. The number of ether oxygens (including phenoxy) is 1. The fourth-order valence-corrected chi connectivity index (χ4v) is 15.3. The number of aromatic nitrogens is 3. The maximum atomic E-state index is 13.0. The fraction of sp³-hybridized carbons (Fsp3) is 0.289. The number of benzene rings is 5. The molecule has 3 aliphatic heterocycles. The van der Waals surface area contributed by atoms with Gasteiger partial charge in [0, 0.05) is 128 Å². The molecule has 12 rings (SSSR count). The molecular formula is C76H78Cl3N13O11S3. The summed E-state index contributed by atoms with van der Waals surface area (Å²) in [7, 11) is 3.90. The first kappa shape index (κ1) is 78.3. The van der Waals surface area contributed by atoms with E-state index >= 15 is 0 Å². The van der Waals surface area contributed by atoms with Crippen molar-refractivity contribution in [3.05, 3.63) is 231 Å². The third kappa shape index (κ3) is 21.2. The van der Waals surface area contributed by atoms with Crippen LogP contribution in [0.3, 0.4) is 0 Å². The number of nitrogens with zero attached hydrogens (tertiary/aromatic N) is 7. The Labute approximate surface area is 639 Å². The van der Waals surface area contributed by atoms with Crippen LogP contribution in [-0.2, 0) is 22.4 Å². The average Bonchev–Trinajstić information content (AvgIpc) is 1.54. The molecule has 9 amide bonds. The van der Waals surface area contributed by atoms with E-state index in [-0.39, 0.29) is 70.3 Å². The Hall–Kier alpha value is -10.3. The highest BCUT2D eigenvalue weighted by molar-refractivity contribution is 7.10. The van der Waals surface area contributed by atoms with Gasteiger partial charge < -0.3 is 61.9 Å². The predicted molar refractivity (Wildman–Crippen MR) is 413 cm³/mol. The summed E-state index contributed by atoms with van der Waals surface area (Å²) >= 11 is 22.8. The Balaban J connectivity index is 0.000000170. The number of aryl methyl sites for hydroxylation is 1. The van der Waals surface area contributed by atoms with Crippen molar-refractivity contribution >= 4 is 145 Å². The third-order valence-corrected chi connectivity index (χ3v) is 21.9. The van der Waals surface area contributed by atoms with Gasteiger partial charge in [-0.1, -0.05) is 53.0 Å². The van der Waals surface area contributed by atoms with E-state index in [2.05, 4.69) is 37.5 Å². The number of hydrogen-bond donors (Lipinski definition) is 6. The van der Waals surface area contributed by atoms with Gasteiger partial charge in [0.2, 0.25) is 23.6 Å². The van der Waals surface area contributed by atoms with Gasteiger partial charge in [0.15, 0.2) is 0 Å². The van der Waals surface area contributed by atoms with E-state index in [1.54, 1.807) is 58.8 Å². The second-order valence-electron chi connectivity index (χ2n) is 25.4. The van der Waals surface area contributed by atoms with Crippen LogP contribution in [0.1, 0.15) is 168 Å². The lowest BCUT2D eigenvalue weighted by Crippen LogP contribution is -2.38. The zero-order valence-corrected chi connectivity index (χ0v) is 62.7. The first-order valence-corrected chi connectivity index (χ1v) is 37.8. The first-order chi connectivity index (χ1) is 51.0. The summed E-state index contributed by atoms with van der Waals surface area (Å²) in [4.78, 5) is 132. The Morgan fingerprint density at radius 3 is 1.43 bits per heavy atom. The van der Waals surface area contributed by atoms with Gasteiger partial charge in [-0.05, 0) is 154 Å². The van der Waals surface area contributed by atoms with Crippen LogP contribution in [0.25, 0.3) is 0 Å². The molecule has 30 heteroatoms. The molecule has 552 valence electrons. The molecule has 5 aromatic carbocycles. The Kier molecular flexibility index (Phi) is 27.4. The van der Waals surface area contributed by atoms with E-state index in [1.807, 2.05) is 82.2 Å². The van der Waals surface area contributed by atoms with Crippen molar-refractivity contribution in [2.75, 3.05) is 80.8 Å². The summed E-state index contributed by atoms with van der Waals surface area (Å²) in [6.45, 7) is 8.05. The largest absolute Gasteiger partial charge is 0.493 e. The number of anilines is 4. The van der Waals surface area contributed by atoms with Crippen LogP contribution >= 0.6 is 68.8 Å². The van der Waals surface area contributed by atoms with Gasteiger partial charge in [0.1, 0.15) is 28.6 Å². The molecule has 0 saturated carbocycles. The highest BCUT2D eigenvalue weighted by Crippen LogP contribution is 2.36. The van der Waals surface area contributed by atoms with Gasteiger partial charge in [-0.25, -0.2) is 15.0 Å². The Morgan fingerprint density at radius 2 is 1.00 bits per heavy atom. The number of amides is 9. The minimum absolute atomic E-state index is 0.00892. The molecule has 9 aromatic rings. The molecule has 0 aliphatic carbocycles. The normalized spacial score (nSPS) is 14.0. The molecule has 0 bridgehead atoms. The monoisotopic (exact) mass is 1550 g/mol. The van der Waals surface area contributed by atoms with E-state index in [0.717, 1.165) is 77.2 Å². The molecule has 3 aliphatic rings. The summed E-state index contributed by atoms with van der Waals surface area (Å²) in [5.74, 6) is -0.641. The van der Waals surface area contributed by atoms with Gasteiger partial charge in [0.05, 0.1) is 66.4 Å². The quantitative estimate of drug-likeness (QED) is 0.0256. The molecule has 24 nitrogen and oxygen atoms in total. The number of carbonyl (C=O) groups is 9. The molecular weight excluding hydrogens is 1470 g/mol. The molecule has 0 spiro atoms. The van der Waals surface area contributed by atoms with E-state index in [1.165, 1.54) is 70.4 Å². The fourth-order valence-electron chi connectivity index (χ4n) is 11.9. The smallest absolute Gasteiger partial charge is 0.275 e. The molecule has 0 radical (unpaired) electrons. The van der Waals surface area contributed by atoms with Crippen molar-refractivity contribution in [3.8, 4) is 5.75 Å². The van der Waals surface area contributed by atoms with E-state index in [0.29, 0.717) is 113 Å². The first-order valence-electron chi connectivity index (χ1n) is 34.0. The van der Waals surface area contributed by atoms with Crippen molar-refractivity contribution < 1.29 is 52.3 Å². The highest BCUT2D eigenvalue weighted by atomic mass is 35.5. The van der Waals surface area contributed by atoms with Gasteiger partial charge in [-0.2, -0.15) is 0 Å². The zero-order valence-electron chi connectivity index (χ0n) is 58.0. The number of halogens is 3. The van der Waals surface area contributed by atoms with Crippen LogP contribution in [0.4, 0.5) is 22.7 Å². The summed E-state index contributed by atoms with van der Waals surface area (Å²) in [5.41, 5.74) is 21.2. The number of hydrogen-bond acceptors (Lipinski definition) is 18. The maximum Gasteiger partial charge on any atom is 0.275 e. The summed E-state index contributed by atoms with van der Waals surface area (Å²) < 4.78 is 10.9. The molecule has 0 unspecified atom stereocenters. The number of nitrogens with two attached hydrogens (primary N) is 3. The minimum Gasteiger partial charge on any atom is -0.493 e. The van der Waals surface area contributed by atoms with E-state index < -0.39 is 29.5 Å². The number of piperidine rings is 3. The molecule has 7 heterocycles. The maximum absolute atomic E-state index is 13.0. The van der Waals surface area contributed by atoms with Crippen LogP contribution in [0.2, 0.25) is 15.1 Å². The average molecular weight is 1550 g/mol. The van der Waals surface area contributed by atoms with Gasteiger partial charge >= 0.3 is 0 Å². The molecule has 3 fully saturated rings. The standard InChI is InChI=1S/C27H27ClN4O4S.C26H28ClN5O3S.C23H23ClN4O4S/c1-2-3-14-36-20-7-4-18(5-8-20)27(35)32-12-10-17(11-13-32)26-31-23(16-37-26)25(34)30-22-15-19(24(29)33)6-9-21(22)28;1-31(2)19-5-3-4-18(14-19)26(35)32-10-8-17(9-11-32)25-30-22(15-36-25)24(34)29-21-12-16(13-23(28)33)6-7-20(21)27;24-17-5-3-15(21(25)30)12-18(17)26-22(31)19-13-33-23(27-19)14-7-9-28(10-8-14)20(29)6-4-16-2-1-11-32-16/h2,4-9,15-17H,1,3,10-14H2,(H2,29,33)(H,30,34);3-7,12,14-15,17H,8-11,13H2,1-2H3,(H2,28,33)(H,29,34);1-3,5,11-14H,4,6-10H2,(H2,25,30)(H,26,31). The lowest BCUT2D eigenvalue weighted by atomic mass is 9.97. The van der Waals surface area contributed by atoms with Crippen LogP contribution in [0, 0.1) is 0 Å². The third-order valence-electron chi connectivity index (χ3n) is 17.8. The summed E-state index contributed by atoms with van der Waals surface area (Å²) in [6, 6.07) is 32.4. The molecule has 106 heavy (non-hydrogen) atoms. The molecule has 9 N–H and O–H groups in total. The number of carbonyl (C=O) groups excluding carboxylic acids is 9. The number of primary amides is 3. The van der Waals surface area contributed by atoms with Crippen LogP contribution in [-0.4, -0.2) is 143 Å². The number of likely N-dealkylation sites (tertiary alicyclic amines) is 3. The van der Waals surface area contributed by atoms with Crippen molar-refractivity contribution in [1.82, 2.24) is 29.7 Å². The van der Waals surface area contributed by atoms with Gasteiger partial charge in [-0.15, -0.1) is 40.6 Å². The van der Waals surface area contributed by atoms with Crippen molar-refractivity contribution in [1.29, 1.82) is 0 Å². The molecule has 3 saturated heterocycles. The lowest BCUT2D eigenvalue weighted by Gasteiger charge is -2.31. The van der Waals surface area contributed by atoms with Crippen LogP contribution in [0.5, 0.6) is 5.75 Å². The minimum atomic E-state index is -0.613. The van der Waals surface area contributed by atoms with Crippen molar-refractivity contribution in [2.45, 2.75) is 82.0 Å². The number of thiazole rings is 3. The van der Waals surface area contributed by atoms with Crippen LogP contribution in [0.15, 0.2) is 155 Å². The van der Waals surface area contributed by atoms with Gasteiger partial charge in [-0.3, -0.25) is 43.2 Å². The Morgan fingerprint density at radius 1 is 0.557 bits per heavy atom. The Bertz CT molecular complexity index is 4660. The highest BCUT2D eigenvalue weighted by Gasteiger charge is 2.31. The molecule has 0 atom stereocenters. The lowest BCUT2D eigenvalue weighted by molar-refractivity contribution is -0.132. The topological polar surface area (TPSA) is 342 Å². The zero-order chi connectivity index (χ0) is 75.6. The number of nitrogens with one attached hydrogen (secondary N) is 3. The van der Waals surface area contributed by atoms with Crippen molar-refractivity contribution in [2.24, 2.45) is 17.2 Å². The van der Waals surface area contributed by atoms with Crippen LogP contribution < -0.4 is 42.8 Å². The number of furan rings is 1. The van der Waals surface area contributed by atoms with E-state index in [4.69, 9.17) is 61.2 Å². The van der Waals surface area contributed by atoms with Crippen molar-refractivity contribution in [3.63, 3.8) is 0 Å². The van der Waals surface area contributed by atoms with Gasteiger partial charge in [0.25, 0.3) is 29.5 Å². The molecule has 4 aromatic heterocycles. The second kappa shape index (κ2) is 37.1.